The molecule has 0 aliphatic carbocycles. The van der Waals surface area contributed by atoms with Gasteiger partial charge in [0.1, 0.15) is 6.42 Å². The molecule has 0 aliphatic heterocycles. The summed E-state index contributed by atoms with van der Waals surface area (Å²) < 4.78 is 4.43. The van der Waals surface area contributed by atoms with Gasteiger partial charge in [-0.25, -0.2) is 9.13 Å². The second kappa shape index (κ2) is 5.25. The van der Waals surface area contributed by atoms with Gasteiger partial charge in [0.25, 0.3) is 5.82 Å². The largest absolute Gasteiger partial charge is 0.269 e. The quantitative estimate of drug-likeness (QED) is 0.334. The van der Waals surface area contributed by atoms with Crippen molar-refractivity contribution in [3.63, 3.8) is 0 Å². The van der Waals surface area contributed by atoms with E-state index in [2.05, 4.69) is 102 Å². The molecule has 0 bridgehead atoms. The molecule has 0 aliphatic rings. The van der Waals surface area contributed by atoms with Crippen LogP contribution >= 0.6 is 0 Å². The lowest BCUT2D eigenvalue weighted by molar-refractivity contribution is -0.650. The molecule has 0 fully saturated rings. The molecule has 120 valence electrons. The van der Waals surface area contributed by atoms with Gasteiger partial charge in [0.15, 0.2) is 11.0 Å². The maximum Gasteiger partial charge on any atom is 0.269 e. The fraction of sp³-hybridized carbons (Fsp3) is 0.0870. The summed E-state index contributed by atoms with van der Waals surface area (Å²) in [6, 6.07) is 25.7. The highest BCUT2D eigenvalue weighted by atomic mass is 15.1. The molecule has 5 rings (SSSR count). The minimum atomic E-state index is 1.07. The molecular formula is C23H18N2. The van der Waals surface area contributed by atoms with Crippen molar-refractivity contribution in [1.29, 1.82) is 0 Å². The maximum atomic E-state index is 3.72. The summed E-state index contributed by atoms with van der Waals surface area (Å²) in [5, 5.41) is 5.10. The first kappa shape index (κ1) is 14.4. The summed E-state index contributed by atoms with van der Waals surface area (Å²) in [7, 11) is 4.22. The third-order valence-electron chi connectivity index (χ3n) is 5.16. The molecule has 4 aromatic carbocycles. The van der Waals surface area contributed by atoms with Crippen LogP contribution < -0.4 is 4.57 Å². The standard InChI is InChI=1S/C23H18N2/c1-24-21-13-7-8-14-22(21)25(2)23(24)15-20-18-11-5-3-9-16(18)17-10-4-6-12-19(17)20/h3-14H,1-2H3. The zero-order valence-corrected chi connectivity index (χ0v) is 14.3. The van der Waals surface area contributed by atoms with Crippen molar-refractivity contribution in [2.24, 2.45) is 14.1 Å². The molecule has 25 heavy (non-hydrogen) atoms. The van der Waals surface area contributed by atoms with Gasteiger partial charge in [-0.05, 0) is 12.1 Å². The normalized spacial score (nSPS) is 11.8. The first-order chi connectivity index (χ1) is 12.3. The van der Waals surface area contributed by atoms with E-state index in [0.29, 0.717) is 0 Å². The monoisotopic (exact) mass is 322 g/mol. The summed E-state index contributed by atoms with van der Waals surface area (Å²) >= 11 is 0. The molecule has 0 N–H and O–H groups in total. The lowest BCUT2D eigenvalue weighted by Crippen LogP contribution is -2.32. The first-order valence-corrected chi connectivity index (χ1v) is 8.52. The number of rotatable bonds is 2. The van der Waals surface area contributed by atoms with Gasteiger partial charge in [0, 0.05) is 0 Å². The third kappa shape index (κ3) is 1.97. The number of aromatic nitrogens is 2. The molecule has 0 saturated carbocycles. The molecule has 2 nitrogen and oxygen atoms in total. The summed E-state index contributed by atoms with van der Waals surface area (Å²) in [6.45, 7) is 0. The summed E-state index contributed by atoms with van der Waals surface area (Å²) in [5.74, 6) is 1.07. The Morgan fingerprint density at radius 2 is 1.60 bits per heavy atom. The number of imidazole rings is 1. The van der Waals surface area contributed by atoms with Gasteiger partial charge >= 0.3 is 0 Å². The van der Waals surface area contributed by atoms with Gasteiger partial charge in [-0.2, -0.15) is 0 Å². The second-order valence-electron chi connectivity index (χ2n) is 6.52. The Hall–Kier alpha value is -3.00. The minimum absolute atomic E-state index is 1.07. The minimum Gasteiger partial charge on any atom is -0.229 e. The fourth-order valence-electron chi connectivity index (χ4n) is 3.92. The molecule has 1 aromatic heterocycles. The van der Waals surface area contributed by atoms with Crippen LogP contribution in [0.25, 0.3) is 32.6 Å². The van der Waals surface area contributed by atoms with Crippen LogP contribution in [0.3, 0.4) is 0 Å². The Morgan fingerprint density at radius 1 is 0.880 bits per heavy atom. The molecular weight excluding hydrogens is 304 g/mol. The van der Waals surface area contributed by atoms with Crippen molar-refractivity contribution < 1.29 is 4.57 Å². The van der Waals surface area contributed by atoms with Gasteiger partial charge in [0.05, 0.1) is 14.1 Å². The predicted octanol–water partition coefficient (Wildman–Crippen LogP) is 4.51. The van der Waals surface area contributed by atoms with E-state index in [-0.39, 0.29) is 0 Å². The average molecular weight is 322 g/mol. The average Bonchev–Trinajstić information content (AvgIpc) is 3.11. The smallest absolute Gasteiger partial charge is 0.229 e. The van der Waals surface area contributed by atoms with Crippen LogP contribution in [-0.4, -0.2) is 4.57 Å². The van der Waals surface area contributed by atoms with Crippen LogP contribution in [0, 0.1) is 6.42 Å². The summed E-state index contributed by atoms with van der Waals surface area (Å²) in [4.78, 5) is 0. The van der Waals surface area contributed by atoms with Crippen LogP contribution in [0.5, 0.6) is 0 Å². The first-order valence-electron chi connectivity index (χ1n) is 8.52. The van der Waals surface area contributed by atoms with Crippen molar-refractivity contribution in [3.8, 4) is 0 Å². The van der Waals surface area contributed by atoms with E-state index in [1.54, 1.807) is 0 Å². The van der Waals surface area contributed by atoms with Crippen molar-refractivity contribution in [3.05, 3.63) is 90.6 Å². The lowest BCUT2D eigenvalue weighted by atomic mass is 10.1. The molecule has 2 radical (unpaired) electrons. The zero-order valence-electron chi connectivity index (χ0n) is 14.3. The Balaban J connectivity index is 1.80. The molecule has 2 heteroatoms. The number of benzene rings is 3. The van der Waals surface area contributed by atoms with Gasteiger partial charge in [-0.3, -0.25) is 0 Å². The highest BCUT2D eigenvalue weighted by Crippen LogP contribution is 2.35. The van der Waals surface area contributed by atoms with Crippen LogP contribution in [0.4, 0.5) is 0 Å². The Bertz CT molecular complexity index is 1150. The third-order valence-corrected chi connectivity index (χ3v) is 5.16. The Kier molecular flexibility index (Phi) is 3.01. The van der Waals surface area contributed by atoms with Crippen molar-refractivity contribution in [2.75, 3.05) is 0 Å². The van der Waals surface area contributed by atoms with E-state index in [4.69, 9.17) is 0 Å². The molecule has 1 heterocycles. The number of nitrogens with zero attached hydrogens (tertiary/aromatic N) is 2. The number of hydrogen-bond donors (Lipinski definition) is 0. The van der Waals surface area contributed by atoms with Gasteiger partial charge in [0.2, 0.25) is 0 Å². The van der Waals surface area contributed by atoms with Gasteiger partial charge in [-0.1, -0.05) is 47.3 Å². The van der Waals surface area contributed by atoms with Crippen LogP contribution in [0.1, 0.15) is 11.4 Å². The second-order valence-corrected chi connectivity index (χ2v) is 6.52. The summed E-state index contributed by atoms with van der Waals surface area (Å²) in [5.41, 5.74) is 3.60. The summed E-state index contributed by atoms with van der Waals surface area (Å²) in [6.07, 6.45) is 3.72. The number of aryl methyl sites for hydroxylation is 2. The van der Waals surface area contributed by atoms with E-state index in [9.17, 15) is 0 Å². The van der Waals surface area contributed by atoms with Gasteiger partial charge in [-0.15, -0.1) is 40.4 Å². The van der Waals surface area contributed by atoms with E-state index in [1.165, 1.54) is 38.1 Å². The van der Waals surface area contributed by atoms with E-state index >= 15 is 0 Å². The molecule has 0 saturated heterocycles. The number of para-hydroxylation sites is 2. The highest BCUT2D eigenvalue weighted by molar-refractivity contribution is 6.15. The molecule has 0 unspecified atom stereocenters. The van der Waals surface area contributed by atoms with Crippen LogP contribution in [0.15, 0.2) is 72.8 Å². The van der Waals surface area contributed by atoms with E-state index in [0.717, 1.165) is 5.82 Å². The van der Waals surface area contributed by atoms with Crippen molar-refractivity contribution in [1.82, 2.24) is 4.57 Å². The topological polar surface area (TPSA) is 8.81 Å². The predicted molar refractivity (Wildman–Crippen MR) is 103 cm³/mol. The molecule has 0 spiro atoms. The van der Waals surface area contributed by atoms with E-state index < -0.39 is 0 Å². The van der Waals surface area contributed by atoms with Gasteiger partial charge < -0.3 is 0 Å². The molecule has 5 aromatic rings. The molecule has 0 amide bonds. The Morgan fingerprint density at radius 3 is 2.44 bits per heavy atom. The van der Waals surface area contributed by atoms with Crippen molar-refractivity contribution >= 4 is 32.6 Å². The van der Waals surface area contributed by atoms with Crippen LogP contribution in [0.2, 0.25) is 0 Å². The molecule has 0 atom stereocenters. The highest BCUT2D eigenvalue weighted by Gasteiger charge is 2.21. The van der Waals surface area contributed by atoms with E-state index in [1.807, 2.05) is 0 Å². The van der Waals surface area contributed by atoms with Crippen molar-refractivity contribution in [2.45, 2.75) is 0 Å². The zero-order chi connectivity index (χ0) is 17.0. The van der Waals surface area contributed by atoms with Crippen LogP contribution in [-0.2, 0) is 14.1 Å². The lowest BCUT2D eigenvalue weighted by Gasteiger charge is -2.04. The maximum absolute atomic E-state index is 3.72. The Labute approximate surface area is 146 Å². The number of hydrogen-bond acceptors (Lipinski definition) is 0. The SMILES string of the molecule is Cn1c([C]c2c3ccccc3c3cccc[c-]23)[n+](C)c2ccccc21. The number of fused-ring (bicyclic) bond motifs is 4. The fourth-order valence-corrected chi connectivity index (χ4v) is 3.92.